The quantitative estimate of drug-likeness (QED) is 0.743. The van der Waals surface area contributed by atoms with E-state index in [0.717, 1.165) is 47.7 Å². The lowest BCUT2D eigenvalue weighted by Gasteiger charge is -2.33. The van der Waals surface area contributed by atoms with Crippen LogP contribution in [-0.4, -0.2) is 34.1 Å². The highest BCUT2D eigenvalue weighted by Crippen LogP contribution is 2.29. The number of thiophene rings is 1. The zero-order valence-corrected chi connectivity index (χ0v) is 12.9. The Hall–Kier alpha value is -2.21. The van der Waals surface area contributed by atoms with Gasteiger partial charge in [0.1, 0.15) is 28.8 Å². The normalized spacial score (nSPS) is 18.5. The van der Waals surface area contributed by atoms with E-state index in [0.29, 0.717) is 0 Å². The van der Waals surface area contributed by atoms with E-state index in [2.05, 4.69) is 31.3 Å². The average molecular weight is 312 g/mol. The van der Waals surface area contributed by atoms with Gasteiger partial charge in [-0.3, -0.25) is 4.98 Å². The number of hydrogen-bond acceptors (Lipinski definition) is 6. The zero-order chi connectivity index (χ0) is 14.8. The van der Waals surface area contributed by atoms with E-state index in [9.17, 15) is 0 Å². The minimum atomic E-state index is 0.168. The van der Waals surface area contributed by atoms with E-state index >= 15 is 0 Å². The summed E-state index contributed by atoms with van der Waals surface area (Å²) < 4.78 is 6.06. The smallest absolute Gasteiger partial charge is 0.140 e. The van der Waals surface area contributed by atoms with Crippen molar-refractivity contribution in [2.24, 2.45) is 0 Å². The molecule has 0 spiro atoms. The van der Waals surface area contributed by atoms with Crippen molar-refractivity contribution >= 4 is 27.4 Å². The van der Waals surface area contributed by atoms with E-state index < -0.39 is 0 Å². The van der Waals surface area contributed by atoms with Crippen LogP contribution >= 0.6 is 11.3 Å². The van der Waals surface area contributed by atoms with Crippen molar-refractivity contribution in [3.63, 3.8) is 0 Å². The Bertz CT molecular complexity index is 761. The fourth-order valence-electron chi connectivity index (χ4n) is 2.86. The van der Waals surface area contributed by atoms with Crippen LogP contribution < -0.4 is 9.64 Å². The molecule has 112 valence electrons. The minimum Gasteiger partial charge on any atom is -0.487 e. The second-order valence-corrected chi connectivity index (χ2v) is 6.25. The van der Waals surface area contributed by atoms with Crippen LogP contribution in [0.25, 0.3) is 10.2 Å². The molecule has 1 aliphatic rings. The molecule has 22 heavy (non-hydrogen) atoms. The Morgan fingerprint density at radius 1 is 1.27 bits per heavy atom. The van der Waals surface area contributed by atoms with Gasteiger partial charge in [-0.1, -0.05) is 0 Å². The van der Waals surface area contributed by atoms with Crippen molar-refractivity contribution in [3.05, 3.63) is 42.3 Å². The van der Waals surface area contributed by atoms with Crippen LogP contribution in [-0.2, 0) is 0 Å². The fraction of sp³-hybridized carbons (Fsp3) is 0.312. The van der Waals surface area contributed by atoms with E-state index in [1.807, 2.05) is 12.1 Å². The van der Waals surface area contributed by atoms with E-state index in [-0.39, 0.29) is 6.10 Å². The third-order valence-electron chi connectivity index (χ3n) is 3.86. The lowest BCUT2D eigenvalue weighted by molar-refractivity contribution is 0.178. The summed E-state index contributed by atoms with van der Waals surface area (Å²) in [6.07, 6.45) is 7.50. The molecule has 1 unspecified atom stereocenters. The Balaban J connectivity index is 1.55. The number of rotatable bonds is 3. The maximum absolute atomic E-state index is 6.06. The second kappa shape index (κ2) is 5.88. The van der Waals surface area contributed by atoms with Gasteiger partial charge >= 0.3 is 0 Å². The highest BCUT2D eigenvalue weighted by molar-refractivity contribution is 7.16. The number of anilines is 1. The molecule has 1 fully saturated rings. The third-order valence-corrected chi connectivity index (χ3v) is 4.68. The van der Waals surface area contributed by atoms with Crippen LogP contribution in [0, 0.1) is 0 Å². The molecule has 0 radical (unpaired) electrons. The zero-order valence-electron chi connectivity index (χ0n) is 12.1. The van der Waals surface area contributed by atoms with Crippen LogP contribution in [0.5, 0.6) is 5.75 Å². The summed E-state index contributed by atoms with van der Waals surface area (Å²) in [5.74, 6) is 1.85. The first-order valence-electron chi connectivity index (χ1n) is 7.40. The second-order valence-electron chi connectivity index (χ2n) is 5.35. The predicted molar refractivity (Wildman–Crippen MR) is 87.5 cm³/mol. The van der Waals surface area contributed by atoms with Gasteiger partial charge in [0, 0.05) is 12.7 Å². The molecule has 1 saturated heterocycles. The van der Waals surface area contributed by atoms with Crippen molar-refractivity contribution in [3.8, 4) is 5.75 Å². The first-order valence-corrected chi connectivity index (χ1v) is 8.28. The number of hydrogen-bond donors (Lipinski definition) is 0. The summed E-state index contributed by atoms with van der Waals surface area (Å²) in [5, 5.41) is 3.20. The summed E-state index contributed by atoms with van der Waals surface area (Å²) >= 11 is 1.65. The molecule has 0 aliphatic carbocycles. The number of aromatic nitrogens is 3. The summed E-state index contributed by atoms with van der Waals surface area (Å²) in [5.41, 5.74) is 0. The largest absolute Gasteiger partial charge is 0.487 e. The topological polar surface area (TPSA) is 51.1 Å². The van der Waals surface area contributed by atoms with Gasteiger partial charge in [0.25, 0.3) is 0 Å². The van der Waals surface area contributed by atoms with E-state index in [1.165, 1.54) is 0 Å². The van der Waals surface area contributed by atoms with Gasteiger partial charge < -0.3 is 9.64 Å². The molecular weight excluding hydrogens is 296 g/mol. The van der Waals surface area contributed by atoms with E-state index in [1.54, 1.807) is 30.1 Å². The molecule has 0 amide bonds. The Morgan fingerprint density at radius 2 is 2.27 bits per heavy atom. The minimum absolute atomic E-state index is 0.168. The SMILES string of the molecule is c1cncc(OC2CCCN(c3ncnc4sccc34)C2)c1. The van der Waals surface area contributed by atoms with Crippen LogP contribution in [0.2, 0.25) is 0 Å². The Kier molecular flexibility index (Phi) is 3.60. The highest BCUT2D eigenvalue weighted by atomic mass is 32.1. The van der Waals surface area contributed by atoms with Gasteiger partial charge in [-0.25, -0.2) is 9.97 Å². The van der Waals surface area contributed by atoms with Crippen LogP contribution in [0.15, 0.2) is 42.3 Å². The van der Waals surface area contributed by atoms with E-state index in [4.69, 9.17) is 4.74 Å². The number of piperidine rings is 1. The summed E-state index contributed by atoms with van der Waals surface area (Å²) in [4.78, 5) is 16.3. The number of fused-ring (bicyclic) bond motifs is 1. The third kappa shape index (κ3) is 2.62. The fourth-order valence-corrected chi connectivity index (χ4v) is 3.59. The van der Waals surface area contributed by atoms with Gasteiger partial charge in [-0.2, -0.15) is 0 Å². The standard InChI is InChI=1S/C16H16N4OS/c1-3-12(9-17-6-1)21-13-4-2-7-20(10-13)15-14-5-8-22-16(14)19-11-18-15/h1,3,5-6,8-9,11,13H,2,4,7,10H2. The summed E-state index contributed by atoms with van der Waals surface area (Å²) in [7, 11) is 0. The molecule has 1 atom stereocenters. The van der Waals surface area contributed by atoms with Gasteiger partial charge in [0.2, 0.25) is 0 Å². The number of nitrogens with zero attached hydrogens (tertiary/aromatic N) is 4. The predicted octanol–water partition coefficient (Wildman–Crippen LogP) is 3.13. The molecule has 3 aromatic heterocycles. The van der Waals surface area contributed by atoms with Gasteiger partial charge in [0.15, 0.2) is 0 Å². The Labute approximate surface area is 132 Å². The van der Waals surface area contributed by atoms with Gasteiger partial charge in [0.05, 0.1) is 18.1 Å². The Morgan fingerprint density at radius 3 is 3.18 bits per heavy atom. The molecule has 0 bridgehead atoms. The maximum atomic E-state index is 6.06. The number of pyridine rings is 1. The summed E-state index contributed by atoms with van der Waals surface area (Å²) in [6.45, 7) is 1.85. The molecule has 1 aliphatic heterocycles. The molecule has 5 nitrogen and oxygen atoms in total. The van der Waals surface area contributed by atoms with Crippen LogP contribution in [0.3, 0.4) is 0 Å². The van der Waals surface area contributed by atoms with Gasteiger partial charge in [-0.15, -0.1) is 11.3 Å². The number of ether oxygens (including phenoxy) is 1. The van der Waals surface area contributed by atoms with Crippen molar-refractivity contribution in [2.45, 2.75) is 18.9 Å². The van der Waals surface area contributed by atoms with Crippen molar-refractivity contribution in [1.82, 2.24) is 15.0 Å². The lowest BCUT2D eigenvalue weighted by atomic mass is 10.1. The van der Waals surface area contributed by atoms with Crippen molar-refractivity contribution in [2.75, 3.05) is 18.0 Å². The molecule has 0 saturated carbocycles. The monoisotopic (exact) mass is 312 g/mol. The average Bonchev–Trinajstić information content (AvgIpc) is 3.04. The molecule has 4 rings (SSSR count). The van der Waals surface area contributed by atoms with Crippen molar-refractivity contribution in [1.29, 1.82) is 0 Å². The maximum Gasteiger partial charge on any atom is 0.140 e. The van der Waals surface area contributed by atoms with Crippen LogP contribution in [0.4, 0.5) is 5.82 Å². The first-order chi connectivity index (χ1) is 10.9. The van der Waals surface area contributed by atoms with Crippen LogP contribution in [0.1, 0.15) is 12.8 Å². The molecule has 0 aromatic carbocycles. The molecule has 4 heterocycles. The molecular formula is C16H16N4OS. The molecule has 6 heteroatoms. The van der Waals surface area contributed by atoms with Crippen molar-refractivity contribution < 1.29 is 4.74 Å². The molecule has 0 N–H and O–H groups in total. The molecule has 3 aromatic rings. The lowest BCUT2D eigenvalue weighted by Crippen LogP contribution is -2.41. The highest BCUT2D eigenvalue weighted by Gasteiger charge is 2.24. The van der Waals surface area contributed by atoms with Gasteiger partial charge in [-0.05, 0) is 36.4 Å². The summed E-state index contributed by atoms with van der Waals surface area (Å²) in [6, 6.07) is 5.95. The first kappa shape index (κ1) is 13.5.